The predicted octanol–water partition coefficient (Wildman–Crippen LogP) is 5.32. The molecule has 7 heteroatoms. The molecule has 6 nitrogen and oxygen atoms in total. The van der Waals surface area contributed by atoms with Crippen molar-refractivity contribution < 1.29 is 4.74 Å². The van der Waals surface area contributed by atoms with Crippen LogP contribution in [0.3, 0.4) is 0 Å². The average Bonchev–Trinajstić information content (AvgIpc) is 2.60. The van der Waals surface area contributed by atoms with Crippen LogP contribution in [-0.2, 0) is 0 Å². The van der Waals surface area contributed by atoms with Gasteiger partial charge in [0.25, 0.3) is 7.98 Å². The van der Waals surface area contributed by atoms with Gasteiger partial charge in [-0.25, -0.2) is 5.01 Å². The third-order valence-corrected chi connectivity index (χ3v) is 2.73. The number of nitrogens with one attached hydrogen (secondary N) is 2. The molecule has 0 aliphatic heterocycles. The van der Waals surface area contributed by atoms with Gasteiger partial charge in [0.15, 0.2) is 11.6 Å². The molecule has 25 heavy (non-hydrogen) atoms. The standard InChI is InChI=1S/C14H16BN5O.2C2H6/c1-9(16)21-14-12-6-5-11(17-19-15)8-10(12)4-7-13(14)18-20(2)3;2*1-2/h4-8,16,18H,1-3H3;2*1-2H3. The quantitative estimate of drug-likeness (QED) is 0.260. The van der Waals surface area contributed by atoms with Gasteiger partial charge in [0.1, 0.15) is 0 Å². The maximum atomic E-state index is 7.58. The van der Waals surface area contributed by atoms with Crippen molar-refractivity contribution >= 4 is 36.0 Å². The predicted molar refractivity (Wildman–Crippen MR) is 108 cm³/mol. The van der Waals surface area contributed by atoms with E-state index in [-0.39, 0.29) is 5.90 Å². The zero-order chi connectivity index (χ0) is 19.4. The molecule has 2 aromatic carbocycles. The fourth-order valence-corrected chi connectivity index (χ4v) is 2.01. The molecule has 2 radical (unpaired) electrons. The Morgan fingerprint density at radius 1 is 1.12 bits per heavy atom. The monoisotopic (exact) mass is 341 g/mol. The van der Waals surface area contributed by atoms with Crippen molar-refractivity contribution in [3.8, 4) is 5.75 Å². The highest BCUT2D eigenvalue weighted by Gasteiger charge is 2.11. The second-order valence-corrected chi connectivity index (χ2v) is 4.73. The van der Waals surface area contributed by atoms with Crippen LogP contribution in [-0.4, -0.2) is 33.0 Å². The molecule has 2 N–H and O–H groups in total. The van der Waals surface area contributed by atoms with Crippen molar-refractivity contribution in [3.05, 3.63) is 30.3 Å². The Labute approximate surface area is 152 Å². The van der Waals surface area contributed by atoms with E-state index in [1.54, 1.807) is 13.0 Å². The summed E-state index contributed by atoms with van der Waals surface area (Å²) in [5, 5.41) is 18.3. The average molecular weight is 341 g/mol. The second kappa shape index (κ2) is 12.0. The SMILES string of the molecule is CC.CC.[B]N=Nc1ccc2c(OC(C)=N)c(NN(C)C)ccc2c1. The van der Waals surface area contributed by atoms with Gasteiger partial charge in [-0.15, -0.1) is 0 Å². The number of hydrazine groups is 1. The van der Waals surface area contributed by atoms with Gasteiger partial charge in [-0.3, -0.25) is 10.4 Å². The van der Waals surface area contributed by atoms with E-state index >= 15 is 0 Å². The van der Waals surface area contributed by atoms with Gasteiger partial charge in [0.05, 0.1) is 11.4 Å². The zero-order valence-corrected chi connectivity index (χ0v) is 16.2. The molecular weight excluding hydrogens is 313 g/mol. The Bertz CT molecular complexity index is 701. The molecule has 0 spiro atoms. The fraction of sp³-hybridized carbons (Fsp3) is 0.389. The molecule has 0 saturated heterocycles. The number of benzene rings is 2. The maximum Gasteiger partial charge on any atom is 0.293 e. The molecule has 0 aliphatic carbocycles. The molecule has 2 aromatic rings. The Morgan fingerprint density at radius 3 is 2.28 bits per heavy atom. The first-order valence-corrected chi connectivity index (χ1v) is 8.36. The second-order valence-electron chi connectivity index (χ2n) is 4.73. The van der Waals surface area contributed by atoms with E-state index in [0.29, 0.717) is 11.4 Å². The van der Waals surface area contributed by atoms with Gasteiger partial charge < -0.3 is 10.2 Å². The molecule has 0 aromatic heterocycles. The molecule has 134 valence electrons. The summed E-state index contributed by atoms with van der Waals surface area (Å²) in [5.41, 5.74) is 4.61. The number of nitrogens with zero attached hydrogens (tertiary/aromatic N) is 3. The van der Waals surface area contributed by atoms with E-state index in [2.05, 4.69) is 15.6 Å². The lowest BCUT2D eigenvalue weighted by molar-refractivity contribution is 0.485. The van der Waals surface area contributed by atoms with Gasteiger partial charge in [0, 0.05) is 26.4 Å². The molecule has 0 atom stereocenters. The topological polar surface area (TPSA) is 73.1 Å². The first kappa shape index (κ1) is 22.6. The molecule has 0 aliphatic rings. The Morgan fingerprint density at radius 2 is 1.76 bits per heavy atom. The van der Waals surface area contributed by atoms with Crippen LogP contribution in [0, 0.1) is 5.41 Å². The van der Waals surface area contributed by atoms with Crippen LogP contribution in [0.2, 0.25) is 0 Å². The molecule has 0 heterocycles. The third kappa shape index (κ3) is 6.93. The minimum absolute atomic E-state index is 0.120. The van der Waals surface area contributed by atoms with Crippen LogP contribution in [0.1, 0.15) is 34.6 Å². The summed E-state index contributed by atoms with van der Waals surface area (Å²) >= 11 is 0. The summed E-state index contributed by atoms with van der Waals surface area (Å²) < 4.78 is 5.57. The van der Waals surface area contributed by atoms with Gasteiger partial charge in [-0.2, -0.15) is 5.11 Å². The minimum Gasteiger partial charge on any atom is -0.441 e. The summed E-state index contributed by atoms with van der Waals surface area (Å²) in [5.74, 6) is 0.722. The number of fused-ring (bicyclic) bond motifs is 1. The van der Waals surface area contributed by atoms with Crippen LogP contribution in [0.5, 0.6) is 5.75 Å². The smallest absolute Gasteiger partial charge is 0.293 e. The van der Waals surface area contributed by atoms with Crippen LogP contribution in [0.4, 0.5) is 11.4 Å². The number of rotatable bonds is 4. The number of anilines is 1. The van der Waals surface area contributed by atoms with Crippen LogP contribution in [0.25, 0.3) is 10.8 Å². The Kier molecular flexibility index (Phi) is 10.9. The van der Waals surface area contributed by atoms with Crippen LogP contribution >= 0.6 is 0 Å². The van der Waals surface area contributed by atoms with Crippen LogP contribution < -0.4 is 10.2 Å². The summed E-state index contributed by atoms with van der Waals surface area (Å²) in [4.78, 5) is 0. The summed E-state index contributed by atoms with van der Waals surface area (Å²) in [6.07, 6.45) is 0. The van der Waals surface area contributed by atoms with Gasteiger partial charge >= 0.3 is 0 Å². The molecule has 0 bridgehead atoms. The van der Waals surface area contributed by atoms with Crippen molar-refractivity contribution in [1.82, 2.24) is 5.01 Å². The van der Waals surface area contributed by atoms with Crippen molar-refractivity contribution in [3.63, 3.8) is 0 Å². The fourth-order valence-electron chi connectivity index (χ4n) is 2.01. The first-order valence-electron chi connectivity index (χ1n) is 8.36. The maximum absolute atomic E-state index is 7.58. The highest BCUT2D eigenvalue weighted by molar-refractivity contribution is 6.05. The van der Waals surface area contributed by atoms with E-state index in [9.17, 15) is 0 Å². The third-order valence-electron chi connectivity index (χ3n) is 2.73. The van der Waals surface area contributed by atoms with E-state index in [0.717, 1.165) is 16.5 Å². The lowest BCUT2D eigenvalue weighted by Crippen LogP contribution is -2.20. The largest absolute Gasteiger partial charge is 0.441 e. The van der Waals surface area contributed by atoms with E-state index in [1.807, 2.05) is 71.1 Å². The van der Waals surface area contributed by atoms with Crippen molar-refractivity contribution in [1.29, 1.82) is 5.41 Å². The van der Waals surface area contributed by atoms with Crippen molar-refractivity contribution in [2.45, 2.75) is 34.6 Å². The Balaban J connectivity index is 0.00000134. The van der Waals surface area contributed by atoms with Crippen LogP contribution in [0.15, 0.2) is 40.5 Å². The van der Waals surface area contributed by atoms with Crippen molar-refractivity contribution in [2.75, 3.05) is 19.5 Å². The lowest BCUT2D eigenvalue weighted by atomic mass is 10.1. The molecule has 0 amide bonds. The van der Waals surface area contributed by atoms with E-state index < -0.39 is 0 Å². The highest BCUT2D eigenvalue weighted by Crippen LogP contribution is 2.36. The number of hydrogen-bond donors (Lipinski definition) is 2. The summed E-state index contributed by atoms with van der Waals surface area (Å²) in [6.45, 7) is 9.59. The normalized spacial score (nSPS) is 9.92. The number of ether oxygens (including phenoxy) is 1. The minimum atomic E-state index is 0.120. The highest BCUT2D eigenvalue weighted by atomic mass is 16.5. The van der Waals surface area contributed by atoms with Crippen molar-refractivity contribution in [2.24, 2.45) is 10.1 Å². The molecule has 0 unspecified atom stereocenters. The van der Waals surface area contributed by atoms with Gasteiger partial charge in [0.2, 0.25) is 0 Å². The molecular formula is C18H28BN5O. The van der Waals surface area contributed by atoms with Gasteiger partial charge in [-0.05, 0) is 29.7 Å². The Hall–Kier alpha value is -2.41. The molecule has 0 fully saturated rings. The van der Waals surface area contributed by atoms with E-state index in [1.165, 1.54) is 0 Å². The lowest BCUT2D eigenvalue weighted by Gasteiger charge is -2.18. The molecule has 2 rings (SSSR count). The summed E-state index contributed by atoms with van der Waals surface area (Å²) in [7, 11) is 8.84. The summed E-state index contributed by atoms with van der Waals surface area (Å²) in [6, 6.07) is 9.37. The van der Waals surface area contributed by atoms with Gasteiger partial charge in [-0.1, -0.05) is 33.8 Å². The zero-order valence-electron chi connectivity index (χ0n) is 16.2. The van der Waals surface area contributed by atoms with E-state index in [4.69, 9.17) is 18.1 Å². The molecule has 0 saturated carbocycles. The first-order chi connectivity index (χ1) is 12.0. The number of hydrogen-bond acceptors (Lipinski definition) is 6.